The summed E-state index contributed by atoms with van der Waals surface area (Å²) in [6.45, 7) is 1.59. The maximum Gasteiger partial charge on any atom is 0.173 e. The fourth-order valence-corrected chi connectivity index (χ4v) is 1.04. The van der Waals surface area contributed by atoms with Crippen LogP contribution in [0.15, 0.2) is 12.1 Å². The number of aliphatic hydroxyl groups is 1. The maximum absolute atomic E-state index is 13.3. The molecule has 0 saturated carbocycles. The second-order valence-corrected chi connectivity index (χ2v) is 2.84. The third-order valence-electron chi connectivity index (χ3n) is 1.77. The summed E-state index contributed by atoms with van der Waals surface area (Å²) >= 11 is 0. The molecule has 0 unspecified atom stereocenters. The lowest BCUT2D eigenvalue weighted by atomic mass is 10.2. The Morgan fingerprint density at radius 2 is 2.07 bits per heavy atom. The van der Waals surface area contributed by atoms with E-state index in [-0.39, 0.29) is 11.3 Å². The monoisotopic (exact) mass is 202 g/mol. The van der Waals surface area contributed by atoms with Crippen LogP contribution in [0.2, 0.25) is 0 Å². The summed E-state index contributed by atoms with van der Waals surface area (Å²) in [4.78, 5) is 0. The summed E-state index contributed by atoms with van der Waals surface area (Å²) in [7, 11) is 0. The third-order valence-corrected chi connectivity index (χ3v) is 1.77. The molecule has 0 spiro atoms. The highest BCUT2D eigenvalue weighted by Crippen LogP contribution is 2.23. The Balaban J connectivity index is 2.96. The van der Waals surface area contributed by atoms with Crippen molar-refractivity contribution in [1.82, 2.24) is 0 Å². The molecule has 0 heterocycles. The first kappa shape index (κ1) is 10.9. The van der Waals surface area contributed by atoms with Crippen LogP contribution in [0.5, 0.6) is 5.75 Å². The SMILES string of the molecule is CCCOc1ccc(F)c(CO)c1F. The first-order valence-corrected chi connectivity index (χ1v) is 4.41. The standard InChI is InChI=1S/C10H12F2O2/c1-2-5-14-9-4-3-8(11)7(6-13)10(9)12/h3-4,13H,2,5-6H2,1H3. The Labute approximate surface area is 81.1 Å². The van der Waals surface area contributed by atoms with Crippen molar-refractivity contribution >= 4 is 0 Å². The molecule has 1 aromatic carbocycles. The van der Waals surface area contributed by atoms with Crippen LogP contribution >= 0.6 is 0 Å². The summed E-state index contributed by atoms with van der Waals surface area (Å²) in [5.41, 5.74) is -0.349. The minimum absolute atomic E-state index is 0.0164. The highest BCUT2D eigenvalue weighted by atomic mass is 19.1. The minimum atomic E-state index is -0.819. The largest absolute Gasteiger partial charge is 0.491 e. The predicted octanol–water partition coefficient (Wildman–Crippen LogP) is 2.25. The Hall–Kier alpha value is -1.16. The van der Waals surface area contributed by atoms with Crippen LogP contribution in [-0.4, -0.2) is 11.7 Å². The average molecular weight is 202 g/mol. The van der Waals surface area contributed by atoms with Crippen molar-refractivity contribution in [2.75, 3.05) is 6.61 Å². The van der Waals surface area contributed by atoms with Gasteiger partial charge in [0.25, 0.3) is 0 Å². The fourth-order valence-electron chi connectivity index (χ4n) is 1.04. The summed E-state index contributed by atoms with van der Waals surface area (Å²) < 4.78 is 31.3. The zero-order chi connectivity index (χ0) is 10.6. The van der Waals surface area contributed by atoms with Crippen LogP contribution in [0.25, 0.3) is 0 Å². The molecule has 0 amide bonds. The molecule has 0 fully saturated rings. The number of halogens is 2. The van der Waals surface area contributed by atoms with E-state index in [2.05, 4.69) is 0 Å². The predicted molar refractivity (Wildman–Crippen MR) is 48.1 cm³/mol. The van der Waals surface area contributed by atoms with Gasteiger partial charge in [-0.25, -0.2) is 8.78 Å². The number of ether oxygens (including phenoxy) is 1. The van der Waals surface area contributed by atoms with E-state index in [1.54, 1.807) is 0 Å². The first-order chi connectivity index (χ1) is 6.70. The summed E-state index contributed by atoms with van der Waals surface area (Å²) in [5, 5.41) is 8.71. The summed E-state index contributed by atoms with van der Waals surface area (Å²) in [6.07, 6.45) is 0.741. The maximum atomic E-state index is 13.3. The molecule has 0 atom stereocenters. The van der Waals surface area contributed by atoms with Crippen molar-refractivity contribution < 1.29 is 18.6 Å². The van der Waals surface area contributed by atoms with Crippen LogP contribution in [-0.2, 0) is 6.61 Å². The highest BCUT2D eigenvalue weighted by molar-refractivity contribution is 5.31. The molecule has 0 aliphatic carbocycles. The number of hydrogen-bond donors (Lipinski definition) is 1. The highest BCUT2D eigenvalue weighted by Gasteiger charge is 2.13. The van der Waals surface area contributed by atoms with Gasteiger partial charge in [0.15, 0.2) is 11.6 Å². The molecule has 0 bridgehead atoms. The quantitative estimate of drug-likeness (QED) is 0.811. The normalized spacial score (nSPS) is 10.3. The molecular weight excluding hydrogens is 190 g/mol. The average Bonchev–Trinajstić information content (AvgIpc) is 2.18. The Morgan fingerprint density at radius 1 is 1.36 bits per heavy atom. The molecule has 1 rings (SSSR count). The van der Waals surface area contributed by atoms with E-state index in [4.69, 9.17) is 9.84 Å². The molecule has 4 heteroatoms. The molecule has 1 N–H and O–H groups in total. The molecule has 78 valence electrons. The second-order valence-electron chi connectivity index (χ2n) is 2.84. The van der Waals surface area contributed by atoms with Gasteiger partial charge in [0.05, 0.1) is 18.8 Å². The van der Waals surface area contributed by atoms with Gasteiger partial charge in [-0.05, 0) is 18.6 Å². The van der Waals surface area contributed by atoms with E-state index in [1.807, 2.05) is 6.92 Å². The van der Waals surface area contributed by atoms with Gasteiger partial charge < -0.3 is 9.84 Å². The summed E-state index contributed by atoms with van der Waals surface area (Å²) in [5.74, 6) is -1.59. The van der Waals surface area contributed by atoms with Crippen molar-refractivity contribution in [1.29, 1.82) is 0 Å². The van der Waals surface area contributed by atoms with E-state index in [9.17, 15) is 8.78 Å². The molecule has 0 aliphatic rings. The number of hydrogen-bond acceptors (Lipinski definition) is 2. The second kappa shape index (κ2) is 4.91. The summed E-state index contributed by atoms with van der Waals surface area (Å²) in [6, 6.07) is 2.30. The Bertz CT molecular complexity index is 313. The fraction of sp³-hybridized carbons (Fsp3) is 0.400. The number of benzene rings is 1. The van der Waals surface area contributed by atoms with Crippen LogP contribution < -0.4 is 4.74 Å². The molecule has 0 radical (unpaired) electrons. The van der Waals surface area contributed by atoms with Crippen LogP contribution in [0.3, 0.4) is 0 Å². The zero-order valence-corrected chi connectivity index (χ0v) is 7.89. The first-order valence-electron chi connectivity index (χ1n) is 4.41. The third kappa shape index (κ3) is 2.20. The van der Waals surface area contributed by atoms with Crippen molar-refractivity contribution in [3.63, 3.8) is 0 Å². The molecule has 2 nitrogen and oxygen atoms in total. The lowest BCUT2D eigenvalue weighted by Crippen LogP contribution is -2.02. The topological polar surface area (TPSA) is 29.5 Å². The molecule has 0 aliphatic heterocycles. The lowest BCUT2D eigenvalue weighted by Gasteiger charge is -2.08. The molecule has 1 aromatic rings. The van der Waals surface area contributed by atoms with Crippen LogP contribution in [0, 0.1) is 11.6 Å². The van der Waals surface area contributed by atoms with Crippen LogP contribution in [0.4, 0.5) is 8.78 Å². The Kier molecular flexibility index (Phi) is 3.83. The molecular formula is C10H12F2O2. The Morgan fingerprint density at radius 3 is 2.64 bits per heavy atom. The van der Waals surface area contributed by atoms with Gasteiger partial charge in [-0.1, -0.05) is 6.92 Å². The van der Waals surface area contributed by atoms with Gasteiger partial charge in [0.1, 0.15) is 5.82 Å². The minimum Gasteiger partial charge on any atom is -0.491 e. The van der Waals surface area contributed by atoms with Gasteiger partial charge >= 0.3 is 0 Å². The van der Waals surface area contributed by atoms with Gasteiger partial charge in [0.2, 0.25) is 0 Å². The molecule has 14 heavy (non-hydrogen) atoms. The van der Waals surface area contributed by atoms with E-state index < -0.39 is 18.2 Å². The smallest absolute Gasteiger partial charge is 0.173 e. The zero-order valence-electron chi connectivity index (χ0n) is 7.89. The van der Waals surface area contributed by atoms with Crippen molar-refractivity contribution in [2.45, 2.75) is 20.0 Å². The van der Waals surface area contributed by atoms with E-state index >= 15 is 0 Å². The van der Waals surface area contributed by atoms with Gasteiger partial charge in [-0.2, -0.15) is 0 Å². The number of rotatable bonds is 4. The molecule has 0 aromatic heterocycles. The number of aliphatic hydroxyl groups excluding tert-OH is 1. The van der Waals surface area contributed by atoms with E-state index in [0.29, 0.717) is 6.61 Å². The van der Waals surface area contributed by atoms with Gasteiger partial charge in [-0.3, -0.25) is 0 Å². The lowest BCUT2D eigenvalue weighted by molar-refractivity contribution is 0.259. The van der Waals surface area contributed by atoms with Crippen molar-refractivity contribution in [2.24, 2.45) is 0 Å². The van der Waals surface area contributed by atoms with E-state index in [0.717, 1.165) is 12.5 Å². The van der Waals surface area contributed by atoms with Crippen molar-refractivity contribution in [3.05, 3.63) is 29.3 Å². The molecule has 0 saturated heterocycles. The van der Waals surface area contributed by atoms with Crippen molar-refractivity contribution in [3.8, 4) is 5.75 Å². The van der Waals surface area contributed by atoms with E-state index in [1.165, 1.54) is 6.07 Å². The van der Waals surface area contributed by atoms with Gasteiger partial charge in [-0.15, -0.1) is 0 Å². The van der Waals surface area contributed by atoms with Gasteiger partial charge in [0, 0.05) is 0 Å². The van der Waals surface area contributed by atoms with Crippen LogP contribution in [0.1, 0.15) is 18.9 Å².